The lowest BCUT2D eigenvalue weighted by Crippen LogP contribution is -2.10. The van der Waals surface area contributed by atoms with Crippen LogP contribution in [0.3, 0.4) is 0 Å². The molecule has 0 saturated carbocycles. The Hall–Kier alpha value is -8.50. The summed E-state index contributed by atoms with van der Waals surface area (Å²) in [6.45, 7) is 12.0. The molecular formula is C62H48F6N4. The SMILES string of the molecule is C=Cc1ccc2c(c1)c1ccccc1n2-c1ccc(N(c2ccc(-n3c4ccccc4c4ccccc43)cc2)c2ccc(-n3c4ccc(C(F)(F)F)cc4c4cc(C(F)(F)F)ccc43)cc2)cc1.CC.CC. The summed E-state index contributed by atoms with van der Waals surface area (Å²) >= 11 is 0. The van der Waals surface area contributed by atoms with Gasteiger partial charge in [0.15, 0.2) is 0 Å². The predicted octanol–water partition coefficient (Wildman–Crippen LogP) is 19.2. The topological polar surface area (TPSA) is 18.0 Å². The summed E-state index contributed by atoms with van der Waals surface area (Å²) in [5.41, 5.74) is 9.16. The fourth-order valence-corrected chi connectivity index (χ4v) is 9.95. The molecule has 0 aliphatic heterocycles. The highest BCUT2D eigenvalue weighted by Gasteiger charge is 2.33. The highest BCUT2D eigenvalue weighted by Crippen LogP contribution is 2.43. The number of anilines is 3. The molecule has 0 N–H and O–H groups in total. The van der Waals surface area contributed by atoms with E-state index in [-0.39, 0.29) is 10.8 Å². The molecule has 0 radical (unpaired) electrons. The maximum Gasteiger partial charge on any atom is 0.416 e. The third kappa shape index (κ3) is 8.02. The number of fused-ring (bicyclic) bond motifs is 9. The molecule has 0 atom stereocenters. The van der Waals surface area contributed by atoms with E-state index >= 15 is 0 Å². The second kappa shape index (κ2) is 18.7. The molecule has 4 nitrogen and oxygen atoms in total. The lowest BCUT2D eigenvalue weighted by atomic mass is 10.1. The fraction of sp³-hybridized carbons (Fsp3) is 0.0968. The Morgan fingerprint density at radius 1 is 0.347 bits per heavy atom. The Kier molecular flexibility index (Phi) is 12.2. The molecule has 0 spiro atoms. The van der Waals surface area contributed by atoms with E-state index in [9.17, 15) is 26.3 Å². The van der Waals surface area contributed by atoms with E-state index in [1.54, 1.807) is 4.57 Å². The van der Waals surface area contributed by atoms with Crippen molar-refractivity contribution in [3.63, 3.8) is 0 Å². The minimum Gasteiger partial charge on any atom is -0.310 e. The Bertz CT molecular complexity index is 3820. The number of halogens is 6. The van der Waals surface area contributed by atoms with E-state index in [0.717, 1.165) is 102 Å². The van der Waals surface area contributed by atoms with Gasteiger partial charge >= 0.3 is 12.4 Å². The standard InChI is InChI=1S/C58H36F6N4.2C2H6/c1-2-36-15-30-54-48(33-36)47-11-5-8-14-53(47)67(54)43-26-20-40(21-27-43)65(39-18-24-42(25-19-39)66-51-12-6-3-9-45(51)46-10-4-7-13-52(46)66)41-22-28-44(29-23-41)68-55-31-16-37(57(59,60)61)34-49(55)50-35-38(58(62,63)64)17-32-56(50)68;2*1-2/h2-35H,1H2;2*1-2H3. The van der Waals surface area contributed by atoms with Crippen LogP contribution >= 0.6 is 0 Å². The van der Waals surface area contributed by atoms with Gasteiger partial charge in [0, 0.05) is 66.4 Å². The molecule has 0 saturated heterocycles. The second-order valence-electron chi connectivity index (χ2n) is 16.9. The first-order valence-electron chi connectivity index (χ1n) is 23.9. The number of alkyl halides is 6. The molecule has 358 valence electrons. The summed E-state index contributed by atoms with van der Waals surface area (Å²) in [6.07, 6.45) is -7.53. The molecule has 10 heteroatoms. The Balaban J connectivity index is 0.00000146. The van der Waals surface area contributed by atoms with Crippen LogP contribution in [0.1, 0.15) is 44.4 Å². The van der Waals surface area contributed by atoms with Gasteiger partial charge in [0.25, 0.3) is 0 Å². The van der Waals surface area contributed by atoms with Gasteiger partial charge in [0.2, 0.25) is 0 Å². The van der Waals surface area contributed by atoms with Crippen LogP contribution in [-0.4, -0.2) is 13.7 Å². The lowest BCUT2D eigenvalue weighted by molar-refractivity contribution is -0.138. The largest absolute Gasteiger partial charge is 0.416 e. The highest BCUT2D eigenvalue weighted by molar-refractivity contribution is 6.12. The van der Waals surface area contributed by atoms with Gasteiger partial charge in [-0.1, -0.05) is 101 Å². The number of hydrogen-bond acceptors (Lipinski definition) is 1. The van der Waals surface area contributed by atoms with Gasteiger partial charge < -0.3 is 18.6 Å². The van der Waals surface area contributed by atoms with Crippen molar-refractivity contribution in [1.29, 1.82) is 0 Å². The van der Waals surface area contributed by atoms with Crippen molar-refractivity contribution in [3.05, 3.63) is 223 Å². The normalized spacial score (nSPS) is 11.8. The van der Waals surface area contributed by atoms with Crippen molar-refractivity contribution in [2.45, 2.75) is 40.0 Å². The number of benzene rings is 9. The molecule has 0 aliphatic rings. The first-order valence-corrected chi connectivity index (χ1v) is 23.9. The molecule has 0 aliphatic carbocycles. The number of rotatable bonds is 7. The fourth-order valence-electron chi connectivity index (χ4n) is 9.95. The van der Waals surface area contributed by atoms with Crippen molar-refractivity contribution in [1.82, 2.24) is 13.7 Å². The summed E-state index contributed by atoms with van der Waals surface area (Å²) in [7, 11) is 0. The van der Waals surface area contributed by atoms with Crippen LogP contribution in [0.25, 0.3) is 88.6 Å². The van der Waals surface area contributed by atoms with Crippen LogP contribution in [0.2, 0.25) is 0 Å². The van der Waals surface area contributed by atoms with Crippen LogP contribution in [-0.2, 0) is 12.4 Å². The Morgan fingerprint density at radius 2 is 0.639 bits per heavy atom. The van der Waals surface area contributed by atoms with E-state index in [0.29, 0.717) is 16.7 Å². The number of para-hydroxylation sites is 3. The van der Waals surface area contributed by atoms with Crippen LogP contribution in [0.4, 0.5) is 43.4 Å². The Labute approximate surface area is 412 Å². The third-order valence-electron chi connectivity index (χ3n) is 13.0. The average molecular weight is 963 g/mol. The zero-order valence-corrected chi connectivity index (χ0v) is 39.9. The van der Waals surface area contributed by atoms with E-state index in [4.69, 9.17) is 0 Å². The molecular weight excluding hydrogens is 915 g/mol. The van der Waals surface area contributed by atoms with E-state index < -0.39 is 23.5 Å². The summed E-state index contributed by atoms with van der Waals surface area (Å²) in [5.74, 6) is 0. The molecule has 0 unspecified atom stereocenters. The molecule has 0 fully saturated rings. The first kappa shape index (κ1) is 47.2. The van der Waals surface area contributed by atoms with Gasteiger partial charge in [-0.15, -0.1) is 0 Å². The summed E-state index contributed by atoms with van der Waals surface area (Å²) in [4.78, 5) is 2.13. The van der Waals surface area contributed by atoms with Crippen LogP contribution < -0.4 is 4.90 Å². The quantitative estimate of drug-likeness (QED) is 0.146. The lowest BCUT2D eigenvalue weighted by Gasteiger charge is -2.26. The molecule has 72 heavy (non-hydrogen) atoms. The van der Waals surface area contributed by atoms with E-state index in [1.165, 1.54) is 12.1 Å². The van der Waals surface area contributed by atoms with E-state index in [2.05, 4.69) is 124 Å². The van der Waals surface area contributed by atoms with Crippen molar-refractivity contribution >= 4 is 88.6 Å². The van der Waals surface area contributed by atoms with Gasteiger partial charge in [-0.2, -0.15) is 26.3 Å². The predicted molar refractivity (Wildman–Crippen MR) is 287 cm³/mol. The highest BCUT2D eigenvalue weighted by atomic mass is 19.4. The van der Waals surface area contributed by atoms with Crippen LogP contribution in [0.15, 0.2) is 207 Å². The molecule has 12 aromatic rings. The average Bonchev–Trinajstić information content (AvgIpc) is 4.05. The maximum atomic E-state index is 14.0. The number of hydrogen-bond donors (Lipinski definition) is 0. The van der Waals surface area contributed by atoms with Gasteiger partial charge in [-0.25, -0.2) is 0 Å². The monoisotopic (exact) mass is 962 g/mol. The van der Waals surface area contributed by atoms with Crippen molar-refractivity contribution in [2.75, 3.05) is 4.90 Å². The van der Waals surface area contributed by atoms with Gasteiger partial charge in [0.1, 0.15) is 0 Å². The Morgan fingerprint density at radius 3 is 0.972 bits per heavy atom. The van der Waals surface area contributed by atoms with Crippen molar-refractivity contribution in [2.24, 2.45) is 0 Å². The minimum absolute atomic E-state index is 0.0689. The molecule has 3 aromatic heterocycles. The van der Waals surface area contributed by atoms with Crippen molar-refractivity contribution in [3.8, 4) is 17.1 Å². The van der Waals surface area contributed by atoms with Crippen LogP contribution in [0.5, 0.6) is 0 Å². The second-order valence-corrected chi connectivity index (χ2v) is 16.9. The smallest absolute Gasteiger partial charge is 0.310 e. The number of aromatic nitrogens is 3. The first-order chi connectivity index (χ1) is 34.9. The molecule has 9 aromatic carbocycles. The molecule has 0 amide bonds. The molecule has 3 heterocycles. The zero-order valence-electron chi connectivity index (χ0n) is 39.9. The molecule has 0 bridgehead atoms. The molecule has 12 rings (SSSR count). The van der Waals surface area contributed by atoms with Gasteiger partial charge in [0.05, 0.1) is 44.2 Å². The zero-order chi connectivity index (χ0) is 50.5. The third-order valence-corrected chi connectivity index (χ3v) is 13.0. The summed E-state index contributed by atoms with van der Waals surface area (Å²) in [5, 5.41) is 4.70. The van der Waals surface area contributed by atoms with Gasteiger partial charge in [-0.05, 0) is 145 Å². The maximum absolute atomic E-state index is 14.0. The number of nitrogens with zero attached hydrogens (tertiary/aromatic N) is 4. The summed E-state index contributed by atoms with van der Waals surface area (Å²) in [6, 6.07) is 62.0. The van der Waals surface area contributed by atoms with Crippen LogP contribution in [0, 0.1) is 0 Å². The summed E-state index contributed by atoms with van der Waals surface area (Å²) < 4.78 is 90.1. The van der Waals surface area contributed by atoms with Gasteiger partial charge in [-0.3, -0.25) is 0 Å². The van der Waals surface area contributed by atoms with Crippen molar-refractivity contribution < 1.29 is 26.3 Å². The van der Waals surface area contributed by atoms with E-state index in [1.807, 2.05) is 94.4 Å². The minimum atomic E-state index is -4.69.